The largest absolute Gasteiger partial charge is 0.452 e. The second kappa shape index (κ2) is 9.14. The fourth-order valence-corrected chi connectivity index (χ4v) is 2.99. The molecule has 7 nitrogen and oxygen atoms in total. The highest BCUT2D eigenvalue weighted by Gasteiger charge is 2.23. The van der Waals surface area contributed by atoms with Crippen LogP contribution in [-0.2, 0) is 16.1 Å². The number of carbonyl (C=O) groups is 2. The molecule has 0 N–H and O–H groups in total. The van der Waals surface area contributed by atoms with Gasteiger partial charge in [0, 0.05) is 19.8 Å². The number of pyridine rings is 1. The summed E-state index contributed by atoms with van der Waals surface area (Å²) in [5.74, 6) is -0.213. The predicted molar refractivity (Wildman–Crippen MR) is 109 cm³/mol. The molecule has 0 bridgehead atoms. The Labute approximate surface area is 169 Å². The summed E-state index contributed by atoms with van der Waals surface area (Å²) in [5.41, 5.74) is 2.04. The maximum atomic E-state index is 12.6. The van der Waals surface area contributed by atoms with E-state index in [0.29, 0.717) is 23.6 Å². The topological polar surface area (TPSA) is 77.3 Å². The molecule has 0 saturated heterocycles. The molecule has 2 heterocycles. The van der Waals surface area contributed by atoms with Gasteiger partial charge in [-0.25, -0.2) is 14.5 Å². The molecule has 0 fully saturated rings. The van der Waals surface area contributed by atoms with Gasteiger partial charge in [-0.05, 0) is 23.6 Å². The first-order chi connectivity index (χ1) is 14.0. The maximum absolute atomic E-state index is 12.6. The molecule has 0 aliphatic rings. The highest BCUT2D eigenvalue weighted by Crippen LogP contribution is 2.23. The van der Waals surface area contributed by atoms with Crippen LogP contribution in [0.25, 0.3) is 5.82 Å². The first-order valence-electron chi connectivity index (χ1n) is 9.41. The standard InChI is InChI=1S/C22H24N4O3/c1-16(2)21-18(13-24-26(21)19-11-7-8-12-23-19)22(28)29-15-20(27)25(3)14-17-9-5-4-6-10-17/h4-13,16H,14-15H2,1-3H3. The van der Waals surface area contributed by atoms with Gasteiger partial charge in [-0.3, -0.25) is 4.79 Å². The monoisotopic (exact) mass is 392 g/mol. The van der Waals surface area contributed by atoms with Crippen LogP contribution in [0.3, 0.4) is 0 Å². The van der Waals surface area contributed by atoms with E-state index >= 15 is 0 Å². The van der Waals surface area contributed by atoms with Crippen LogP contribution >= 0.6 is 0 Å². The third kappa shape index (κ3) is 4.87. The SMILES string of the molecule is CC(C)c1c(C(=O)OCC(=O)N(C)Cc2ccccc2)cnn1-c1ccccn1. The number of aromatic nitrogens is 3. The summed E-state index contributed by atoms with van der Waals surface area (Å²) in [4.78, 5) is 30.8. The van der Waals surface area contributed by atoms with Gasteiger partial charge in [0.25, 0.3) is 5.91 Å². The number of amides is 1. The molecular weight excluding hydrogens is 368 g/mol. The van der Waals surface area contributed by atoms with E-state index in [9.17, 15) is 9.59 Å². The van der Waals surface area contributed by atoms with Crippen LogP contribution in [0.1, 0.15) is 41.4 Å². The fraction of sp³-hybridized carbons (Fsp3) is 0.273. The van der Waals surface area contributed by atoms with Crippen LogP contribution in [0, 0.1) is 0 Å². The average molecular weight is 392 g/mol. The minimum Gasteiger partial charge on any atom is -0.452 e. The Bertz CT molecular complexity index is 968. The number of likely N-dealkylation sites (N-methyl/N-ethyl adjacent to an activating group) is 1. The molecule has 0 spiro atoms. The van der Waals surface area contributed by atoms with Gasteiger partial charge in [0.15, 0.2) is 12.4 Å². The number of ether oxygens (including phenoxy) is 1. The molecule has 3 aromatic rings. The number of carbonyl (C=O) groups excluding carboxylic acids is 2. The van der Waals surface area contributed by atoms with Crippen LogP contribution in [0.4, 0.5) is 0 Å². The minimum atomic E-state index is -0.572. The van der Waals surface area contributed by atoms with Crippen LogP contribution in [0.15, 0.2) is 60.9 Å². The number of rotatable bonds is 7. The van der Waals surface area contributed by atoms with Crippen molar-refractivity contribution < 1.29 is 14.3 Å². The van der Waals surface area contributed by atoms with Crippen molar-refractivity contribution in [2.75, 3.05) is 13.7 Å². The van der Waals surface area contributed by atoms with E-state index in [1.165, 1.54) is 11.1 Å². The zero-order valence-electron chi connectivity index (χ0n) is 16.8. The van der Waals surface area contributed by atoms with Crippen LogP contribution in [0.2, 0.25) is 0 Å². The molecule has 0 saturated carbocycles. The molecule has 7 heteroatoms. The zero-order valence-corrected chi connectivity index (χ0v) is 16.8. The number of hydrogen-bond acceptors (Lipinski definition) is 5. The molecule has 0 radical (unpaired) electrons. The molecule has 29 heavy (non-hydrogen) atoms. The second-order valence-corrected chi connectivity index (χ2v) is 7.01. The number of esters is 1. The second-order valence-electron chi connectivity index (χ2n) is 7.01. The lowest BCUT2D eigenvalue weighted by Gasteiger charge is -2.17. The van der Waals surface area contributed by atoms with Gasteiger partial charge in [0.05, 0.1) is 11.9 Å². The Morgan fingerprint density at radius 3 is 2.48 bits per heavy atom. The predicted octanol–water partition coefficient (Wildman–Crippen LogP) is 3.21. The highest BCUT2D eigenvalue weighted by atomic mass is 16.5. The van der Waals surface area contributed by atoms with Gasteiger partial charge < -0.3 is 9.64 Å². The molecule has 1 aromatic carbocycles. The van der Waals surface area contributed by atoms with Crippen molar-refractivity contribution in [3.05, 3.63) is 77.7 Å². The van der Waals surface area contributed by atoms with Crippen molar-refractivity contribution in [1.82, 2.24) is 19.7 Å². The Hall–Kier alpha value is -3.48. The Balaban J connectivity index is 1.68. The van der Waals surface area contributed by atoms with Crippen molar-refractivity contribution in [2.45, 2.75) is 26.3 Å². The van der Waals surface area contributed by atoms with E-state index < -0.39 is 5.97 Å². The third-order valence-electron chi connectivity index (χ3n) is 4.45. The first kappa shape index (κ1) is 20.3. The van der Waals surface area contributed by atoms with E-state index in [4.69, 9.17) is 4.74 Å². The summed E-state index contributed by atoms with van der Waals surface area (Å²) in [6.45, 7) is 4.05. The number of hydrogen-bond donors (Lipinski definition) is 0. The molecule has 150 valence electrons. The molecule has 1 amide bonds. The summed E-state index contributed by atoms with van der Waals surface area (Å²) >= 11 is 0. The third-order valence-corrected chi connectivity index (χ3v) is 4.45. The van der Waals surface area contributed by atoms with Gasteiger partial charge in [0.1, 0.15) is 5.56 Å². The van der Waals surface area contributed by atoms with Crippen LogP contribution < -0.4 is 0 Å². The Kier molecular flexibility index (Phi) is 6.39. The summed E-state index contributed by atoms with van der Waals surface area (Å²) in [5, 5.41) is 4.30. The van der Waals surface area contributed by atoms with Crippen molar-refractivity contribution in [3.8, 4) is 5.82 Å². The first-order valence-corrected chi connectivity index (χ1v) is 9.41. The summed E-state index contributed by atoms with van der Waals surface area (Å²) in [6.07, 6.45) is 3.13. The Morgan fingerprint density at radius 2 is 1.83 bits per heavy atom. The minimum absolute atomic E-state index is 0.0125. The van der Waals surface area contributed by atoms with Crippen LogP contribution in [0.5, 0.6) is 0 Å². The molecular formula is C22H24N4O3. The molecule has 0 unspecified atom stereocenters. The summed E-state index contributed by atoms with van der Waals surface area (Å²) in [6, 6.07) is 15.1. The van der Waals surface area contributed by atoms with E-state index in [1.807, 2.05) is 62.4 Å². The lowest BCUT2D eigenvalue weighted by Crippen LogP contribution is -2.31. The molecule has 3 rings (SSSR count). The fourth-order valence-electron chi connectivity index (χ4n) is 2.99. The van der Waals surface area contributed by atoms with Gasteiger partial charge in [0.2, 0.25) is 0 Å². The van der Waals surface area contributed by atoms with E-state index in [0.717, 1.165) is 5.56 Å². The van der Waals surface area contributed by atoms with Gasteiger partial charge in [-0.15, -0.1) is 0 Å². The van der Waals surface area contributed by atoms with E-state index in [2.05, 4.69) is 10.1 Å². The van der Waals surface area contributed by atoms with Gasteiger partial charge in [-0.2, -0.15) is 5.10 Å². The molecule has 0 aliphatic heterocycles. The van der Waals surface area contributed by atoms with Crippen molar-refractivity contribution in [3.63, 3.8) is 0 Å². The quantitative estimate of drug-likeness (QED) is 0.577. The smallest absolute Gasteiger partial charge is 0.342 e. The van der Waals surface area contributed by atoms with Gasteiger partial charge in [-0.1, -0.05) is 50.2 Å². The average Bonchev–Trinajstić information content (AvgIpc) is 3.18. The lowest BCUT2D eigenvalue weighted by molar-refractivity contribution is -0.133. The van der Waals surface area contributed by atoms with Crippen LogP contribution in [-0.4, -0.2) is 45.2 Å². The molecule has 0 atom stereocenters. The molecule has 0 aliphatic carbocycles. The lowest BCUT2D eigenvalue weighted by atomic mass is 10.1. The highest BCUT2D eigenvalue weighted by molar-refractivity contribution is 5.92. The zero-order chi connectivity index (χ0) is 20.8. The summed E-state index contributed by atoms with van der Waals surface area (Å²) in [7, 11) is 1.68. The van der Waals surface area contributed by atoms with E-state index in [-0.39, 0.29) is 18.4 Å². The Morgan fingerprint density at radius 1 is 1.10 bits per heavy atom. The number of benzene rings is 1. The normalized spacial score (nSPS) is 10.8. The van der Waals surface area contributed by atoms with Gasteiger partial charge >= 0.3 is 5.97 Å². The maximum Gasteiger partial charge on any atom is 0.342 e. The van der Waals surface area contributed by atoms with E-state index in [1.54, 1.807) is 17.9 Å². The number of nitrogens with zero attached hydrogens (tertiary/aromatic N) is 4. The van der Waals surface area contributed by atoms with Crippen molar-refractivity contribution in [1.29, 1.82) is 0 Å². The van der Waals surface area contributed by atoms with Crippen molar-refractivity contribution in [2.24, 2.45) is 0 Å². The summed E-state index contributed by atoms with van der Waals surface area (Å²) < 4.78 is 6.91. The van der Waals surface area contributed by atoms with Crippen molar-refractivity contribution >= 4 is 11.9 Å². The molecule has 2 aromatic heterocycles.